The summed E-state index contributed by atoms with van der Waals surface area (Å²) in [5.41, 5.74) is 3.95. The van der Waals surface area contributed by atoms with E-state index >= 15 is 0 Å². The van der Waals surface area contributed by atoms with Gasteiger partial charge in [0.1, 0.15) is 5.75 Å². The maximum absolute atomic E-state index is 13.1. The molecular formula is C22H23N3O3. The smallest absolute Gasteiger partial charge is 0.338 e. The molecule has 2 aromatic carbocycles. The van der Waals surface area contributed by atoms with E-state index in [9.17, 15) is 4.79 Å². The first kappa shape index (κ1) is 18.1. The first-order valence-electron chi connectivity index (χ1n) is 9.30. The van der Waals surface area contributed by atoms with Crippen LogP contribution in [0.25, 0.3) is 11.0 Å². The first-order valence-corrected chi connectivity index (χ1v) is 9.30. The van der Waals surface area contributed by atoms with Crippen LogP contribution in [-0.4, -0.2) is 28.7 Å². The molecular weight excluding hydrogens is 354 g/mol. The quantitative estimate of drug-likeness (QED) is 0.687. The van der Waals surface area contributed by atoms with Gasteiger partial charge in [0.2, 0.25) is 5.95 Å². The van der Waals surface area contributed by atoms with Crippen molar-refractivity contribution in [1.82, 2.24) is 9.55 Å². The predicted molar refractivity (Wildman–Crippen MR) is 108 cm³/mol. The molecule has 1 aliphatic heterocycles. The van der Waals surface area contributed by atoms with E-state index < -0.39 is 6.04 Å². The van der Waals surface area contributed by atoms with Gasteiger partial charge in [-0.25, -0.2) is 9.78 Å². The number of benzene rings is 2. The lowest BCUT2D eigenvalue weighted by atomic mass is 9.94. The number of para-hydroxylation sites is 3. The molecule has 1 atom stereocenters. The van der Waals surface area contributed by atoms with Crippen molar-refractivity contribution in [2.24, 2.45) is 0 Å². The molecule has 0 bridgehead atoms. The number of hydrogen-bond donors (Lipinski definition) is 1. The normalized spacial score (nSPS) is 16.1. The number of carbonyl (C=O) groups is 1. The third kappa shape index (κ3) is 2.91. The molecule has 1 N–H and O–H groups in total. The number of hydrogen-bond acceptors (Lipinski definition) is 5. The van der Waals surface area contributed by atoms with Crippen LogP contribution in [0.5, 0.6) is 5.75 Å². The van der Waals surface area contributed by atoms with Gasteiger partial charge < -0.3 is 14.8 Å². The number of fused-ring (bicyclic) bond motifs is 3. The predicted octanol–water partition coefficient (Wildman–Crippen LogP) is 4.29. The Morgan fingerprint density at radius 2 is 1.86 bits per heavy atom. The zero-order chi connectivity index (χ0) is 19.8. The molecule has 4 rings (SSSR count). The van der Waals surface area contributed by atoms with E-state index in [0.717, 1.165) is 22.3 Å². The van der Waals surface area contributed by atoms with Crippen LogP contribution < -0.4 is 10.1 Å². The third-order valence-electron chi connectivity index (χ3n) is 4.83. The van der Waals surface area contributed by atoms with Crippen LogP contribution in [-0.2, 0) is 9.53 Å². The third-order valence-corrected chi connectivity index (χ3v) is 4.83. The Morgan fingerprint density at radius 3 is 2.61 bits per heavy atom. The number of anilines is 1. The number of carbonyl (C=O) groups excluding carboxylic acids is 1. The monoisotopic (exact) mass is 377 g/mol. The maximum atomic E-state index is 13.1. The van der Waals surface area contributed by atoms with Crippen LogP contribution in [0.2, 0.25) is 0 Å². The number of aromatic nitrogens is 2. The summed E-state index contributed by atoms with van der Waals surface area (Å²) in [6.45, 7) is 5.57. The standard InChI is InChI=1S/C22H23N3O3/c1-13(2)28-21(26)19-14(3)23-22-24-16-10-6-7-11-17(16)25(22)20(19)15-9-5-8-12-18(15)27-4/h5-13,20H,1-4H3,(H,23,24)/t20-/m1/s1. The average Bonchev–Trinajstić information content (AvgIpc) is 3.04. The summed E-state index contributed by atoms with van der Waals surface area (Å²) in [5, 5.41) is 3.28. The number of ether oxygens (including phenoxy) is 2. The molecule has 0 spiro atoms. The van der Waals surface area contributed by atoms with Crippen LogP contribution in [0, 0.1) is 0 Å². The summed E-state index contributed by atoms with van der Waals surface area (Å²) >= 11 is 0. The van der Waals surface area contributed by atoms with Crippen molar-refractivity contribution in [3.8, 4) is 5.75 Å². The second-order valence-electron chi connectivity index (χ2n) is 7.06. The largest absolute Gasteiger partial charge is 0.496 e. The van der Waals surface area contributed by atoms with Crippen LogP contribution >= 0.6 is 0 Å². The highest BCUT2D eigenvalue weighted by atomic mass is 16.5. The summed E-state index contributed by atoms with van der Waals surface area (Å²) in [6.07, 6.45) is -0.216. The fraction of sp³-hybridized carbons (Fsp3) is 0.273. The molecule has 0 saturated heterocycles. The maximum Gasteiger partial charge on any atom is 0.338 e. The molecule has 0 radical (unpaired) electrons. The van der Waals surface area contributed by atoms with Crippen molar-refractivity contribution in [1.29, 1.82) is 0 Å². The molecule has 2 heterocycles. The summed E-state index contributed by atoms with van der Waals surface area (Å²) in [7, 11) is 1.63. The zero-order valence-electron chi connectivity index (χ0n) is 16.4. The minimum absolute atomic E-state index is 0.216. The van der Waals surface area contributed by atoms with E-state index in [1.54, 1.807) is 7.11 Å². The SMILES string of the molecule is COc1ccccc1[C@@H]1C(C(=O)OC(C)C)=C(C)Nc2nc3ccccc3n21. The Hall–Kier alpha value is -3.28. The zero-order valence-corrected chi connectivity index (χ0v) is 16.4. The van der Waals surface area contributed by atoms with Crippen LogP contribution in [0.4, 0.5) is 5.95 Å². The molecule has 0 saturated carbocycles. The van der Waals surface area contributed by atoms with Gasteiger partial charge >= 0.3 is 5.97 Å². The van der Waals surface area contributed by atoms with Gasteiger partial charge in [0, 0.05) is 11.3 Å². The molecule has 144 valence electrons. The van der Waals surface area contributed by atoms with E-state index in [1.165, 1.54) is 0 Å². The highest BCUT2D eigenvalue weighted by Gasteiger charge is 2.36. The Balaban J connectivity index is 1.99. The van der Waals surface area contributed by atoms with E-state index in [4.69, 9.17) is 14.5 Å². The topological polar surface area (TPSA) is 65.4 Å². The van der Waals surface area contributed by atoms with Crippen molar-refractivity contribution >= 4 is 23.0 Å². The molecule has 0 unspecified atom stereocenters. The Morgan fingerprint density at radius 1 is 1.14 bits per heavy atom. The number of nitrogens with zero attached hydrogens (tertiary/aromatic N) is 2. The van der Waals surface area contributed by atoms with Crippen molar-refractivity contribution < 1.29 is 14.3 Å². The van der Waals surface area contributed by atoms with Gasteiger partial charge in [0.05, 0.1) is 35.9 Å². The van der Waals surface area contributed by atoms with E-state index in [-0.39, 0.29) is 12.1 Å². The van der Waals surface area contributed by atoms with Gasteiger partial charge in [0.15, 0.2) is 0 Å². The summed E-state index contributed by atoms with van der Waals surface area (Å²) in [6, 6.07) is 15.2. The van der Waals surface area contributed by atoms with Crippen LogP contribution in [0.15, 0.2) is 59.8 Å². The van der Waals surface area contributed by atoms with E-state index in [2.05, 4.69) is 5.32 Å². The lowest BCUT2D eigenvalue weighted by Crippen LogP contribution is -2.30. The summed E-state index contributed by atoms with van der Waals surface area (Å²) in [4.78, 5) is 17.8. The van der Waals surface area contributed by atoms with Crippen molar-refractivity contribution in [3.05, 3.63) is 65.4 Å². The molecule has 28 heavy (non-hydrogen) atoms. The Labute approximate surface area is 163 Å². The number of rotatable bonds is 4. The summed E-state index contributed by atoms with van der Waals surface area (Å²) in [5.74, 6) is 1.05. The molecule has 3 aromatic rings. The van der Waals surface area contributed by atoms with Gasteiger partial charge in [-0.05, 0) is 39.0 Å². The van der Waals surface area contributed by atoms with Gasteiger partial charge in [-0.15, -0.1) is 0 Å². The highest BCUT2D eigenvalue weighted by molar-refractivity contribution is 5.94. The minimum atomic E-state index is -0.411. The van der Waals surface area contributed by atoms with Gasteiger partial charge in [-0.2, -0.15) is 0 Å². The second-order valence-corrected chi connectivity index (χ2v) is 7.06. The molecule has 0 amide bonds. The number of nitrogens with one attached hydrogen (secondary N) is 1. The number of methoxy groups -OCH3 is 1. The van der Waals surface area contributed by atoms with Gasteiger partial charge in [0.25, 0.3) is 0 Å². The average molecular weight is 377 g/mol. The van der Waals surface area contributed by atoms with Gasteiger partial charge in [-0.3, -0.25) is 4.57 Å². The number of imidazole rings is 1. The summed E-state index contributed by atoms with van der Waals surface area (Å²) < 4.78 is 13.2. The number of allylic oxidation sites excluding steroid dienone is 1. The van der Waals surface area contributed by atoms with Crippen LogP contribution in [0.3, 0.4) is 0 Å². The van der Waals surface area contributed by atoms with Crippen LogP contribution in [0.1, 0.15) is 32.4 Å². The molecule has 0 aliphatic carbocycles. The Bertz CT molecular complexity index is 1080. The first-order chi connectivity index (χ1) is 13.5. The molecule has 6 heteroatoms. The molecule has 6 nitrogen and oxygen atoms in total. The molecule has 1 aliphatic rings. The van der Waals surface area contributed by atoms with Gasteiger partial charge in [-0.1, -0.05) is 30.3 Å². The van der Waals surface area contributed by atoms with Crippen molar-refractivity contribution in [2.45, 2.75) is 32.9 Å². The lowest BCUT2D eigenvalue weighted by molar-refractivity contribution is -0.143. The van der Waals surface area contributed by atoms with E-state index in [1.807, 2.05) is 73.9 Å². The van der Waals surface area contributed by atoms with Crippen molar-refractivity contribution in [3.63, 3.8) is 0 Å². The van der Waals surface area contributed by atoms with E-state index in [0.29, 0.717) is 17.3 Å². The number of esters is 1. The minimum Gasteiger partial charge on any atom is -0.496 e. The lowest BCUT2D eigenvalue weighted by Gasteiger charge is -2.31. The molecule has 1 aromatic heterocycles. The Kier molecular flexibility index (Phi) is 4.55. The van der Waals surface area contributed by atoms with Crippen molar-refractivity contribution in [2.75, 3.05) is 12.4 Å². The highest BCUT2D eigenvalue weighted by Crippen LogP contribution is 2.42. The fourth-order valence-electron chi connectivity index (χ4n) is 3.69. The molecule has 0 fully saturated rings. The fourth-order valence-corrected chi connectivity index (χ4v) is 3.69. The second kappa shape index (κ2) is 7.03.